The SMILES string of the molecule is CCc1cnc(-c2ccc(OCCCN(C)C(C)C)cc2)s1. The molecule has 1 aromatic carbocycles. The number of ether oxygens (including phenoxy) is 1. The van der Waals surface area contributed by atoms with E-state index in [0.717, 1.165) is 42.3 Å². The van der Waals surface area contributed by atoms with Crippen molar-refractivity contribution in [3.8, 4) is 16.3 Å². The van der Waals surface area contributed by atoms with Gasteiger partial charge in [0.05, 0.1) is 6.61 Å². The highest BCUT2D eigenvalue weighted by Gasteiger charge is 2.05. The summed E-state index contributed by atoms with van der Waals surface area (Å²) in [6.45, 7) is 8.40. The third-order valence-corrected chi connectivity index (χ3v) is 5.00. The van der Waals surface area contributed by atoms with Crippen molar-refractivity contribution in [1.82, 2.24) is 9.88 Å². The Hall–Kier alpha value is -1.39. The van der Waals surface area contributed by atoms with Crippen LogP contribution < -0.4 is 4.74 Å². The van der Waals surface area contributed by atoms with Crippen LogP contribution in [0.1, 0.15) is 32.1 Å². The summed E-state index contributed by atoms with van der Waals surface area (Å²) in [5.41, 5.74) is 1.16. The van der Waals surface area contributed by atoms with Gasteiger partial charge in [-0.25, -0.2) is 4.98 Å². The molecule has 1 aromatic heterocycles. The number of hydrogen-bond donors (Lipinski definition) is 0. The van der Waals surface area contributed by atoms with E-state index >= 15 is 0 Å². The van der Waals surface area contributed by atoms with Gasteiger partial charge in [-0.3, -0.25) is 0 Å². The summed E-state index contributed by atoms with van der Waals surface area (Å²) in [4.78, 5) is 8.13. The third kappa shape index (κ3) is 4.82. The quantitative estimate of drug-likeness (QED) is 0.671. The van der Waals surface area contributed by atoms with Crippen molar-refractivity contribution in [3.63, 3.8) is 0 Å². The lowest BCUT2D eigenvalue weighted by molar-refractivity contribution is 0.234. The molecule has 0 aliphatic heterocycles. The van der Waals surface area contributed by atoms with Gasteiger partial charge in [-0.05, 0) is 58.0 Å². The van der Waals surface area contributed by atoms with Gasteiger partial charge in [0, 0.05) is 29.2 Å². The fourth-order valence-electron chi connectivity index (χ4n) is 2.06. The van der Waals surface area contributed by atoms with Crippen molar-refractivity contribution in [1.29, 1.82) is 0 Å². The van der Waals surface area contributed by atoms with Crippen LogP contribution in [0.3, 0.4) is 0 Å². The van der Waals surface area contributed by atoms with Crippen LogP contribution in [0.25, 0.3) is 10.6 Å². The summed E-state index contributed by atoms with van der Waals surface area (Å²) in [6.07, 6.45) is 4.06. The van der Waals surface area contributed by atoms with Crippen LogP contribution in [-0.2, 0) is 6.42 Å². The van der Waals surface area contributed by atoms with Crippen molar-refractivity contribution in [2.45, 2.75) is 39.7 Å². The van der Waals surface area contributed by atoms with Gasteiger partial charge < -0.3 is 9.64 Å². The fraction of sp³-hybridized carbons (Fsp3) is 0.500. The molecule has 1 heterocycles. The topological polar surface area (TPSA) is 25.4 Å². The Morgan fingerprint density at radius 3 is 2.55 bits per heavy atom. The van der Waals surface area contributed by atoms with Gasteiger partial charge in [0.2, 0.25) is 0 Å². The summed E-state index contributed by atoms with van der Waals surface area (Å²) >= 11 is 1.76. The average Bonchev–Trinajstić information content (AvgIpc) is 3.01. The second kappa shape index (κ2) is 8.30. The Labute approximate surface area is 138 Å². The highest BCUT2D eigenvalue weighted by molar-refractivity contribution is 7.15. The van der Waals surface area contributed by atoms with E-state index in [-0.39, 0.29) is 0 Å². The first-order valence-electron chi connectivity index (χ1n) is 7.98. The predicted molar refractivity (Wildman–Crippen MR) is 94.8 cm³/mol. The first kappa shape index (κ1) is 17.0. The Morgan fingerprint density at radius 1 is 1.23 bits per heavy atom. The molecular weight excluding hydrogens is 292 g/mol. The van der Waals surface area contributed by atoms with Gasteiger partial charge in [0.15, 0.2) is 0 Å². The van der Waals surface area contributed by atoms with E-state index in [1.54, 1.807) is 11.3 Å². The van der Waals surface area contributed by atoms with E-state index in [1.807, 2.05) is 18.3 Å². The Morgan fingerprint density at radius 2 is 1.95 bits per heavy atom. The number of aromatic nitrogens is 1. The number of benzene rings is 1. The molecule has 0 bridgehead atoms. The summed E-state index contributed by atoms with van der Waals surface area (Å²) in [7, 11) is 2.15. The summed E-state index contributed by atoms with van der Waals surface area (Å²) < 4.78 is 5.81. The molecule has 0 unspecified atom stereocenters. The fourth-order valence-corrected chi connectivity index (χ4v) is 2.92. The second-order valence-electron chi connectivity index (χ2n) is 5.79. The van der Waals surface area contributed by atoms with E-state index in [4.69, 9.17) is 4.74 Å². The molecule has 0 radical (unpaired) electrons. The minimum Gasteiger partial charge on any atom is -0.494 e. The summed E-state index contributed by atoms with van der Waals surface area (Å²) in [5.74, 6) is 0.934. The molecule has 0 aliphatic rings. The van der Waals surface area contributed by atoms with E-state index in [2.05, 4.69) is 49.8 Å². The Balaban J connectivity index is 1.82. The molecule has 2 rings (SSSR count). The van der Waals surface area contributed by atoms with Crippen molar-refractivity contribution in [2.75, 3.05) is 20.2 Å². The lowest BCUT2D eigenvalue weighted by Gasteiger charge is -2.20. The van der Waals surface area contributed by atoms with Gasteiger partial charge in [-0.1, -0.05) is 6.92 Å². The lowest BCUT2D eigenvalue weighted by Crippen LogP contribution is -2.28. The zero-order valence-electron chi connectivity index (χ0n) is 14.0. The zero-order valence-corrected chi connectivity index (χ0v) is 14.8. The number of rotatable bonds is 8. The monoisotopic (exact) mass is 318 g/mol. The zero-order chi connectivity index (χ0) is 15.9. The average molecular weight is 318 g/mol. The van der Waals surface area contributed by atoms with Crippen molar-refractivity contribution in [2.24, 2.45) is 0 Å². The second-order valence-corrected chi connectivity index (χ2v) is 6.90. The molecule has 0 amide bonds. The Bertz CT molecular complexity index is 563. The van der Waals surface area contributed by atoms with Crippen LogP contribution in [0.5, 0.6) is 5.75 Å². The molecule has 0 aliphatic carbocycles. The first-order valence-corrected chi connectivity index (χ1v) is 8.80. The largest absolute Gasteiger partial charge is 0.494 e. The Kier molecular flexibility index (Phi) is 6.40. The van der Waals surface area contributed by atoms with E-state index < -0.39 is 0 Å². The summed E-state index contributed by atoms with van der Waals surface area (Å²) in [5, 5.41) is 1.09. The maximum absolute atomic E-state index is 5.81. The summed E-state index contributed by atoms with van der Waals surface area (Å²) in [6, 6.07) is 8.84. The molecule has 0 atom stereocenters. The van der Waals surface area contributed by atoms with Crippen LogP contribution in [0.4, 0.5) is 0 Å². The van der Waals surface area contributed by atoms with Crippen molar-refractivity contribution >= 4 is 11.3 Å². The predicted octanol–water partition coefficient (Wildman–Crippen LogP) is 4.48. The maximum atomic E-state index is 5.81. The molecule has 0 saturated carbocycles. The van der Waals surface area contributed by atoms with Crippen LogP contribution >= 0.6 is 11.3 Å². The minimum atomic E-state index is 0.589. The molecule has 120 valence electrons. The minimum absolute atomic E-state index is 0.589. The van der Waals surface area contributed by atoms with Gasteiger partial charge >= 0.3 is 0 Å². The standard InChI is InChI=1S/C18H26N2OS/c1-5-17-13-19-18(22-17)15-7-9-16(10-8-15)21-12-6-11-20(4)14(2)3/h7-10,13-14H,5-6,11-12H2,1-4H3. The number of thiazole rings is 1. The highest BCUT2D eigenvalue weighted by atomic mass is 32.1. The van der Waals surface area contributed by atoms with E-state index in [0.29, 0.717) is 6.04 Å². The van der Waals surface area contributed by atoms with Crippen LogP contribution in [-0.4, -0.2) is 36.1 Å². The van der Waals surface area contributed by atoms with E-state index in [1.165, 1.54) is 4.88 Å². The van der Waals surface area contributed by atoms with E-state index in [9.17, 15) is 0 Å². The van der Waals surface area contributed by atoms with Crippen LogP contribution in [0.15, 0.2) is 30.5 Å². The smallest absolute Gasteiger partial charge is 0.123 e. The molecule has 2 aromatic rings. The van der Waals surface area contributed by atoms with Crippen LogP contribution in [0, 0.1) is 0 Å². The molecule has 0 spiro atoms. The van der Waals surface area contributed by atoms with Crippen LogP contribution in [0.2, 0.25) is 0 Å². The molecule has 0 N–H and O–H groups in total. The molecular formula is C18H26N2OS. The maximum Gasteiger partial charge on any atom is 0.123 e. The van der Waals surface area contributed by atoms with Gasteiger partial charge in [0.25, 0.3) is 0 Å². The molecule has 22 heavy (non-hydrogen) atoms. The van der Waals surface area contributed by atoms with Crippen molar-refractivity contribution in [3.05, 3.63) is 35.3 Å². The normalized spacial score (nSPS) is 11.4. The molecule has 3 nitrogen and oxygen atoms in total. The molecule has 0 fully saturated rings. The first-order chi connectivity index (χ1) is 10.6. The molecule has 4 heteroatoms. The molecule has 0 saturated heterocycles. The van der Waals surface area contributed by atoms with Gasteiger partial charge in [-0.2, -0.15) is 0 Å². The lowest BCUT2D eigenvalue weighted by atomic mass is 10.2. The third-order valence-electron chi connectivity index (χ3n) is 3.81. The number of aryl methyl sites for hydroxylation is 1. The highest BCUT2D eigenvalue weighted by Crippen LogP contribution is 2.27. The van der Waals surface area contributed by atoms with Gasteiger partial charge in [-0.15, -0.1) is 11.3 Å². The number of nitrogens with zero attached hydrogens (tertiary/aromatic N) is 2. The number of hydrogen-bond acceptors (Lipinski definition) is 4. The van der Waals surface area contributed by atoms with Gasteiger partial charge in [0.1, 0.15) is 10.8 Å². The van der Waals surface area contributed by atoms with Crippen molar-refractivity contribution < 1.29 is 4.74 Å².